The van der Waals surface area contributed by atoms with Gasteiger partial charge in [-0.15, -0.1) is 0 Å². The number of benzene rings is 2. The molecule has 1 saturated carbocycles. The van der Waals surface area contributed by atoms with E-state index in [2.05, 4.69) is 5.10 Å². The molecule has 2 aromatic carbocycles. The van der Waals surface area contributed by atoms with Gasteiger partial charge in [0.05, 0.1) is 31.3 Å². The topological polar surface area (TPSA) is 36.3 Å². The number of rotatable bonds is 4. The van der Waals surface area contributed by atoms with Gasteiger partial charge in [-0.2, -0.15) is 18.3 Å². The van der Waals surface area contributed by atoms with Crippen molar-refractivity contribution in [1.82, 2.24) is 9.78 Å². The molecule has 0 amide bonds. The molecule has 0 aliphatic heterocycles. The van der Waals surface area contributed by atoms with Crippen molar-refractivity contribution in [3.8, 4) is 22.8 Å². The lowest BCUT2D eigenvalue weighted by molar-refractivity contribution is -0.136. The molecule has 4 rings (SSSR count). The third kappa shape index (κ3) is 2.91. The van der Waals surface area contributed by atoms with Crippen molar-refractivity contribution >= 4 is 10.9 Å². The summed E-state index contributed by atoms with van der Waals surface area (Å²) in [7, 11) is 3.06. The van der Waals surface area contributed by atoms with Gasteiger partial charge in [0, 0.05) is 17.0 Å². The molecule has 0 spiro atoms. The highest BCUT2D eigenvalue weighted by Gasteiger charge is 2.36. The van der Waals surface area contributed by atoms with Crippen LogP contribution in [0.3, 0.4) is 0 Å². The van der Waals surface area contributed by atoms with Gasteiger partial charge in [-0.3, -0.25) is 4.68 Å². The van der Waals surface area contributed by atoms with Crippen LogP contribution in [0, 0.1) is 0 Å². The number of nitrogens with zero attached hydrogens (tertiary/aromatic N) is 2. The molecule has 0 N–H and O–H groups in total. The van der Waals surface area contributed by atoms with Crippen LogP contribution in [0.5, 0.6) is 11.5 Å². The van der Waals surface area contributed by atoms with E-state index >= 15 is 0 Å². The number of hydrogen-bond acceptors (Lipinski definition) is 3. The minimum atomic E-state index is -4.44. The Bertz CT molecular complexity index is 991. The zero-order valence-corrected chi connectivity index (χ0v) is 15.0. The van der Waals surface area contributed by atoms with Crippen molar-refractivity contribution in [2.75, 3.05) is 14.2 Å². The minimum Gasteiger partial charge on any atom is -0.497 e. The molecule has 0 radical (unpaired) electrons. The Kier molecular flexibility index (Phi) is 4.25. The van der Waals surface area contributed by atoms with Crippen molar-refractivity contribution in [2.45, 2.75) is 31.5 Å². The van der Waals surface area contributed by atoms with E-state index in [0.717, 1.165) is 25.3 Å². The molecule has 1 aliphatic carbocycles. The van der Waals surface area contributed by atoms with Crippen molar-refractivity contribution in [2.24, 2.45) is 0 Å². The summed E-state index contributed by atoms with van der Waals surface area (Å²) in [4.78, 5) is 0. The number of hydrogen-bond donors (Lipinski definition) is 0. The number of fused-ring (bicyclic) bond motifs is 1. The molecule has 0 saturated heterocycles. The Morgan fingerprint density at radius 1 is 1.07 bits per heavy atom. The van der Waals surface area contributed by atoms with Crippen molar-refractivity contribution in [3.63, 3.8) is 0 Å². The maximum absolute atomic E-state index is 13.7. The highest BCUT2D eigenvalue weighted by molar-refractivity contribution is 5.97. The number of methoxy groups -OCH3 is 2. The van der Waals surface area contributed by atoms with Gasteiger partial charge in [-0.25, -0.2) is 0 Å². The normalized spacial score (nSPS) is 15.0. The largest absolute Gasteiger partial charge is 0.497 e. The van der Waals surface area contributed by atoms with Crippen molar-refractivity contribution in [1.29, 1.82) is 0 Å². The molecule has 1 aliphatic rings. The number of ether oxygens (including phenoxy) is 2. The highest BCUT2D eigenvalue weighted by Crippen LogP contribution is 2.44. The lowest BCUT2D eigenvalue weighted by atomic mass is 9.93. The van der Waals surface area contributed by atoms with E-state index in [0.29, 0.717) is 28.1 Å². The van der Waals surface area contributed by atoms with Crippen LogP contribution in [0.4, 0.5) is 13.2 Å². The third-order valence-electron chi connectivity index (χ3n) is 5.12. The van der Waals surface area contributed by atoms with Crippen LogP contribution < -0.4 is 9.47 Å². The highest BCUT2D eigenvalue weighted by atomic mass is 19.4. The van der Waals surface area contributed by atoms with Gasteiger partial charge < -0.3 is 9.47 Å². The van der Waals surface area contributed by atoms with Gasteiger partial charge in [0.2, 0.25) is 0 Å². The van der Waals surface area contributed by atoms with Gasteiger partial charge in [0.25, 0.3) is 0 Å². The molecular formula is C20H19F3N2O2. The van der Waals surface area contributed by atoms with Crippen LogP contribution in [0.25, 0.3) is 22.2 Å². The van der Waals surface area contributed by atoms with E-state index in [1.807, 2.05) is 0 Å². The average molecular weight is 376 g/mol. The molecule has 142 valence electrons. The first-order valence-corrected chi connectivity index (χ1v) is 8.75. The molecule has 7 heteroatoms. The lowest BCUT2D eigenvalue weighted by Crippen LogP contribution is -2.19. The first-order chi connectivity index (χ1) is 12.9. The summed E-state index contributed by atoms with van der Waals surface area (Å²) in [5, 5.41) is 5.09. The molecular weight excluding hydrogens is 357 g/mol. The maximum atomic E-state index is 13.7. The van der Waals surface area contributed by atoms with Gasteiger partial charge in [-0.05, 0) is 37.5 Å². The number of halogens is 3. The van der Waals surface area contributed by atoms with E-state index in [1.54, 1.807) is 36.1 Å². The van der Waals surface area contributed by atoms with Crippen LogP contribution in [0.2, 0.25) is 0 Å². The smallest absolute Gasteiger partial charge is 0.418 e. The first-order valence-electron chi connectivity index (χ1n) is 8.75. The maximum Gasteiger partial charge on any atom is 0.418 e. The summed E-state index contributed by atoms with van der Waals surface area (Å²) in [5.41, 5.74) is 0.615. The van der Waals surface area contributed by atoms with Gasteiger partial charge in [0.1, 0.15) is 17.2 Å². The molecule has 0 bridgehead atoms. The Hall–Kier alpha value is -2.70. The van der Waals surface area contributed by atoms with E-state index in [1.165, 1.54) is 13.2 Å². The van der Waals surface area contributed by atoms with Gasteiger partial charge >= 0.3 is 6.18 Å². The van der Waals surface area contributed by atoms with Crippen LogP contribution in [-0.4, -0.2) is 24.0 Å². The predicted molar refractivity (Wildman–Crippen MR) is 96.2 cm³/mol. The summed E-state index contributed by atoms with van der Waals surface area (Å²) in [5.74, 6) is 1.11. The molecule has 1 aromatic heterocycles. The minimum absolute atomic E-state index is 0.00556. The van der Waals surface area contributed by atoms with Gasteiger partial charge in [0.15, 0.2) is 0 Å². The second kappa shape index (κ2) is 6.48. The first kappa shape index (κ1) is 17.7. The predicted octanol–water partition coefficient (Wildman–Crippen LogP) is 5.46. The fourth-order valence-electron chi connectivity index (χ4n) is 3.51. The second-order valence-corrected chi connectivity index (χ2v) is 6.64. The van der Waals surface area contributed by atoms with Gasteiger partial charge in [-0.1, -0.05) is 12.1 Å². The zero-order valence-electron chi connectivity index (χ0n) is 15.0. The van der Waals surface area contributed by atoms with Crippen molar-refractivity contribution in [3.05, 3.63) is 42.0 Å². The fourth-order valence-corrected chi connectivity index (χ4v) is 3.51. The average Bonchev–Trinajstić information content (AvgIpc) is 2.98. The molecule has 1 heterocycles. The third-order valence-corrected chi connectivity index (χ3v) is 5.12. The molecule has 3 aromatic rings. The lowest BCUT2D eigenvalue weighted by Gasteiger charge is -2.27. The summed E-state index contributed by atoms with van der Waals surface area (Å²) in [6.45, 7) is 0. The molecule has 1 fully saturated rings. The molecule has 27 heavy (non-hydrogen) atoms. The molecule has 0 atom stereocenters. The zero-order chi connectivity index (χ0) is 19.2. The standard InChI is InChI=1S/C20H19F3N2O2/c1-26-13-9-10-14(17(11-13)27-2)18-15-7-4-8-16(20(21,22)23)19(15)25(24-18)12-5-3-6-12/h4,7-12H,3,5-6H2,1-2H3. The summed E-state index contributed by atoms with van der Waals surface area (Å²) < 4.78 is 53.2. The summed E-state index contributed by atoms with van der Waals surface area (Å²) in [6, 6.07) is 9.45. The van der Waals surface area contributed by atoms with Crippen LogP contribution in [0.1, 0.15) is 30.9 Å². The van der Waals surface area contributed by atoms with Crippen molar-refractivity contribution < 1.29 is 22.6 Å². The van der Waals surface area contributed by atoms with Crippen LogP contribution in [-0.2, 0) is 6.18 Å². The van der Waals surface area contributed by atoms with E-state index in [-0.39, 0.29) is 11.6 Å². The quantitative estimate of drug-likeness (QED) is 0.606. The SMILES string of the molecule is COc1ccc(-c2nn(C3CCC3)c3c(C(F)(F)F)cccc23)c(OC)c1. The Balaban J connectivity index is 2.00. The summed E-state index contributed by atoms with van der Waals surface area (Å²) in [6.07, 6.45) is -1.77. The molecule has 0 unspecified atom stereocenters. The Labute approximate surface area is 154 Å². The monoisotopic (exact) mass is 376 g/mol. The number of para-hydroxylation sites is 1. The molecule has 4 nitrogen and oxygen atoms in total. The number of alkyl halides is 3. The fraction of sp³-hybridized carbons (Fsp3) is 0.350. The van der Waals surface area contributed by atoms with E-state index in [4.69, 9.17) is 9.47 Å². The Morgan fingerprint density at radius 2 is 1.85 bits per heavy atom. The van der Waals surface area contributed by atoms with E-state index in [9.17, 15) is 13.2 Å². The van der Waals surface area contributed by atoms with Crippen LogP contribution in [0.15, 0.2) is 36.4 Å². The second-order valence-electron chi connectivity index (χ2n) is 6.64. The summed E-state index contributed by atoms with van der Waals surface area (Å²) >= 11 is 0. The van der Waals surface area contributed by atoms with E-state index < -0.39 is 11.7 Å². The Morgan fingerprint density at radius 3 is 2.44 bits per heavy atom. The number of aromatic nitrogens is 2. The van der Waals surface area contributed by atoms with Crippen LogP contribution >= 0.6 is 0 Å².